The van der Waals surface area contributed by atoms with E-state index in [4.69, 9.17) is 0 Å². The van der Waals surface area contributed by atoms with Crippen molar-refractivity contribution in [3.05, 3.63) is 0 Å². The molecule has 0 heterocycles. The van der Waals surface area contributed by atoms with Gasteiger partial charge in [-0.3, -0.25) is 0 Å². The number of alkyl halides is 2. The van der Waals surface area contributed by atoms with Crippen LogP contribution < -0.4 is 0 Å². The summed E-state index contributed by atoms with van der Waals surface area (Å²) in [6.07, 6.45) is 6.03. The van der Waals surface area contributed by atoms with Gasteiger partial charge in [0.25, 0.3) is 0 Å². The molecule has 0 saturated heterocycles. The van der Waals surface area contributed by atoms with Gasteiger partial charge >= 0.3 is 0 Å². The molecule has 2 unspecified atom stereocenters. The van der Waals surface area contributed by atoms with E-state index < -0.39 is 0 Å². The lowest BCUT2D eigenvalue weighted by molar-refractivity contribution is 0.480. The Bertz CT molecular complexity index is 119. The second-order valence-corrected chi connectivity index (χ2v) is 6.71. The van der Waals surface area contributed by atoms with Crippen LogP contribution in [0, 0.1) is 11.8 Å². The maximum absolute atomic E-state index is 2.66. The van der Waals surface area contributed by atoms with Gasteiger partial charge in [0.2, 0.25) is 0 Å². The van der Waals surface area contributed by atoms with Crippen LogP contribution in [0.25, 0.3) is 0 Å². The van der Waals surface area contributed by atoms with Crippen LogP contribution in [0.3, 0.4) is 0 Å². The van der Waals surface area contributed by atoms with Crippen LogP contribution in [0.4, 0.5) is 0 Å². The SMILES string of the molecule is I[C@@H]1CCC2C1CC[C@@H]2I. The summed E-state index contributed by atoms with van der Waals surface area (Å²) in [4.78, 5) is 0. The smallest absolute Gasteiger partial charge is 0.0141 e. The summed E-state index contributed by atoms with van der Waals surface area (Å²) in [5, 5.41) is 0. The molecule has 58 valence electrons. The highest BCUT2D eigenvalue weighted by atomic mass is 127. The molecule has 0 aliphatic heterocycles. The molecule has 0 spiro atoms. The minimum Gasteiger partial charge on any atom is -0.0823 e. The summed E-state index contributed by atoms with van der Waals surface area (Å²) in [6, 6.07) is 0. The summed E-state index contributed by atoms with van der Waals surface area (Å²) in [5.41, 5.74) is 0. The highest BCUT2D eigenvalue weighted by Crippen LogP contribution is 2.49. The summed E-state index contributed by atoms with van der Waals surface area (Å²) in [7, 11) is 0. The molecule has 2 heteroatoms. The summed E-state index contributed by atoms with van der Waals surface area (Å²) in [6.45, 7) is 0. The van der Waals surface area contributed by atoms with E-state index in [1.54, 1.807) is 0 Å². The normalized spacial score (nSPS) is 53.4. The molecular weight excluding hydrogens is 350 g/mol. The molecule has 0 aromatic rings. The van der Waals surface area contributed by atoms with Crippen molar-refractivity contribution in [2.45, 2.75) is 33.5 Å². The fourth-order valence-electron chi connectivity index (χ4n) is 2.46. The number of rotatable bonds is 0. The average Bonchev–Trinajstić information content (AvgIpc) is 2.41. The lowest BCUT2D eigenvalue weighted by Gasteiger charge is -2.13. The predicted octanol–water partition coefficient (Wildman–Crippen LogP) is 3.41. The Morgan fingerprint density at radius 3 is 1.50 bits per heavy atom. The van der Waals surface area contributed by atoms with Crippen molar-refractivity contribution in [1.82, 2.24) is 0 Å². The molecule has 0 N–H and O–H groups in total. The van der Waals surface area contributed by atoms with E-state index in [2.05, 4.69) is 45.2 Å². The number of fused-ring (bicyclic) bond motifs is 1. The second-order valence-electron chi connectivity index (χ2n) is 3.51. The largest absolute Gasteiger partial charge is 0.0823 e. The van der Waals surface area contributed by atoms with Gasteiger partial charge < -0.3 is 0 Å². The van der Waals surface area contributed by atoms with Gasteiger partial charge in [0.05, 0.1) is 0 Å². The molecule has 0 radical (unpaired) electrons. The zero-order valence-electron chi connectivity index (χ0n) is 5.89. The number of hydrogen-bond acceptors (Lipinski definition) is 0. The summed E-state index contributed by atoms with van der Waals surface area (Å²) < 4.78 is 2.03. The van der Waals surface area contributed by atoms with Gasteiger partial charge in [0.15, 0.2) is 0 Å². The van der Waals surface area contributed by atoms with Crippen LogP contribution in [0.15, 0.2) is 0 Å². The lowest BCUT2D eigenvalue weighted by atomic mass is 10.0. The first-order chi connectivity index (χ1) is 4.79. The molecule has 0 aromatic heterocycles. The first kappa shape index (κ1) is 8.08. The van der Waals surface area contributed by atoms with E-state index in [0.717, 1.165) is 19.7 Å². The molecule has 0 nitrogen and oxygen atoms in total. The molecule has 4 atom stereocenters. The summed E-state index contributed by atoms with van der Waals surface area (Å²) >= 11 is 5.31. The number of hydrogen-bond donors (Lipinski definition) is 0. The molecule has 2 fully saturated rings. The number of halogens is 2. The first-order valence-corrected chi connectivity index (χ1v) is 6.56. The monoisotopic (exact) mass is 362 g/mol. The van der Waals surface area contributed by atoms with Crippen molar-refractivity contribution in [2.75, 3.05) is 0 Å². The van der Waals surface area contributed by atoms with E-state index in [-0.39, 0.29) is 0 Å². The van der Waals surface area contributed by atoms with E-state index in [1.807, 2.05) is 0 Å². The van der Waals surface area contributed by atoms with Crippen LogP contribution in [-0.4, -0.2) is 7.85 Å². The van der Waals surface area contributed by atoms with Crippen LogP contribution in [0.1, 0.15) is 25.7 Å². The fourth-order valence-corrected chi connectivity index (χ4v) is 4.96. The van der Waals surface area contributed by atoms with Crippen molar-refractivity contribution >= 4 is 45.2 Å². The molecule has 2 aliphatic rings. The van der Waals surface area contributed by atoms with Crippen molar-refractivity contribution in [3.8, 4) is 0 Å². The highest BCUT2D eigenvalue weighted by molar-refractivity contribution is 14.1. The van der Waals surface area contributed by atoms with Crippen molar-refractivity contribution in [1.29, 1.82) is 0 Å². The zero-order chi connectivity index (χ0) is 7.14. The third-order valence-corrected chi connectivity index (χ3v) is 6.12. The Hall–Kier alpha value is 1.46. The molecule has 2 saturated carbocycles. The maximum Gasteiger partial charge on any atom is 0.0141 e. The van der Waals surface area contributed by atoms with Gasteiger partial charge in [-0.05, 0) is 37.5 Å². The van der Waals surface area contributed by atoms with Gasteiger partial charge in [-0.15, -0.1) is 0 Å². The Morgan fingerprint density at radius 1 is 0.700 bits per heavy atom. The quantitative estimate of drug-likeness (QED) is 0.458. The van der Waals surface area contributed by atoms with E-state index in [9.17, 15) is 0 Å². The highest BCUT2D eigenvalue weighted by Gasteiger charge is 2.42. The second kappa shape index (κ2) is 3.07. The van der Waals surface area contributed by atoms with E-state index in [0.29, 0.717) is 0 Å². The summed E-state index contributed by atoms with van der Waals surface area (Å²) in [5.74, 6) is 2.20. The van der Waals surface area contributed by atoms with Crippen LogP contribution >= 0.6 is 45.2 Å². The Labute approximate surface area is 89.8 Å². The minimum atomic E-state index is 1.02. The third-order valence-electron chi connectivity index (χ3n) is 3.03. The Morgan fingerprint density at radius 2 is 1.10 bits per heavy atom. The van der Waals surface area contributed by atoms with Gasteiger partial charge in [-0.1, -0.05) is 45.2 Å². The Balaban J connectivity index is 2.09. The van der Waals surface area contributed by atoms with Gasteiger partial charge in [-0.25, -0.2) is 0 Å². The van der Waals surface area contributed by atoms with Gasteiger partial charge in [0.1, 0.15) is 0 Å². The van der Waals surface area contributed by atoms with Crippen molar-refractivity contribution < 1.29 is 0 Å². The third kappa shape index (κ3) is 1.23. The molecule has 10 heavy (non-hydrogen) atoms. The molecule has 0 aromatic carbocycles. The van der Waals surface area contributed by atoms with E-state index >= 15 is 0 Å². The fraction of sp³-hybridized carbons (Fsp3) is 1.00. The Kier molecular flexibility index (Phi) is 2.48. The van der Waals surface area contributed by atoms with E-state index in [1.165, 1.54) is 25.7 Å². The van der Waals surface area contributed by atoms with Crippen molar-refractivity contribution in [3.63, 3.8) is 0 Å². The minimum absolute atomic E-state index is 1.02. The molecule has 2 aliphatic carbocycles. The topological polar surface area (TPSA) is 0 Å². The molecular formula is C8H12I2. The standard InChI is InChI=1S/C8H12I2/c9-7-3-1-5-6(7)2-4-8(5)10/h5-8H,1-4H2/t5?,6?,7-,8+. The lowest BCUT2D eigenvalue weighted by Crippen LogP contribution is -2.11. The first-order valence-electron chi connectivity index (χ1n) is 4.07. The maximum atomic E-state index is 2.66. The average molecular weight is 362 g/mol. The molecule has 2 rings (SSSR count). The molecule has 0 bridgehead atoms. The zero-order valence-corrected chi connectivity index (χ0v) is 10.2. The van der Waals surface area contributed by atoms with Crippen LogP contribution in [0.2, 0.25) is 0 Å². The predicted molar refractivity (Wildman–Crippen MR) is 61.1 cm³/mol. The molecule has 0 amide bonds. The van der Waals surface area contributed by atoms with Crippen LogP contribution in [0.5, 0.6) is 0 Å². The van der Waals surface area contributed by atoms with Gasteiger partial charge in [-0.2, -0.15) is 0 Å². The van der Waals surface area contributed by atoms with Gasteiger partial charge in [0, 0.05) is 7.85 Å². The van der Waals surface area contributed by atoms with Crippen molar-refractivity contribution in [2.24, 2.45) is 11.8 Å². The van der Waals surface area contributed by atoms with Crippen LogP contribution in [-0.2, 0) is 0 Å².